The Morgan fingerprint density at radius 2 is 1.33 bits per heavy atom. The van der Waals surface area contributed by atoms with Gasteiger partial charge in [-0.3, -0.25) is 0 Å². The van der Waals surface area contributed by atoms with Gasteiger partial charge in [-0.15, -0.1) is 0 Å². The first-order valence-corrected chi connectivity index (χ1v) is 8.86. The van der Waals surface area contributed by atoms with E-state index in [9.17, 15) is 25.9 Å². The smallest absolute Gasteiger partial charge is 0.744 e. The molecule has 0 bridgehead atoms. The third-order valence-corrected chi connectivity index (χ3v) is 5.05. The summed E-state index contributed by atoms with van der Waals surface area (Å²) in [4.78, 5) is -0.709. The Balaban J connectivity index is 0.00000144. The van der Waals surface area contributed by atoms with Crippen LogP contribution in [0.2, 0.25) is 0 Å². The second-order valence-corrected chi connectivity index (χ2v) is 7.47. The number of hydrogen-bond acceptors (Lipinski definition) is 6. The molecule has 0 aliphatic carbocycles. The van der Waals surface area contributed by atoms with Crippen molar-refractivity contribution in [2.45, 2.75) is 9.79 Å². The Morgan fingerprint density at radius 1 is 0.667 bits per heavy atom. The van der Waals surface area contributed by atoms with Gasteiger partial charge in [-0.1, -0.05) is 18.2 Å². The molecule has 10 heteroatoms. The summed E-state index contributed by atoms with van der Waals surface area (Å²) >= 11 is 0. The molecule has 0 heterocycles. The Labute approximate surface area is 183 Å². The normalized spacial score (nSPS) is 11.8. The maximum atomic E-state index is 11.3. The molecule has 0 spiro atoms. The second kappa shape index (κ2) is 7.71. The molecule has 0 aliphatic heterocycles. The van der Waals surface area contributed by atoms with Gasteiger partial charge in [0.1, 0.15) is 20.2 Å². The van der Waals surface area contributed by atoms with E-state index in [1.54, 1.807) is 6.07 Å². The third kappa shape index (κ3) is 4.39. The fourth-order valence-corrected chi connectivity index (χ4v) is 3.54. The van der Waals surface area contributed by atoms with Gasteiger partial charge in [0.2, 0.25) is 0 Å². The Hall–Kier alpha value is 0.000000000000000444. The molecule has 3 aromatic rings. The Morgan fingerprint density at radius 3 is 1.92 bits per heavy atom. The van der Waals surface area contributed by atoms with Crippen LogP contribution < -0.4 is 59.1 Å². The van der Waals surface area contributed by atoms with Crippen LogP contribution in [0.3, 0.4) is 0 Å². The van der Waals surface area contributed by atoms with Crippen LogP contribution in [-0.2, 0) is 20.2 Å². The minimum absolute atomic E-state index is 0. The summed E-state index contributed by atoms with van der Waals surface area (Å²) < 4.78 is 67.0. The first-order chi connectivity index (χ1) is 10.2. The fraction of sp³-hybridized carbons (Fsp3) is 0. The maximum absolute atomic E-state index is 11.3. The predicted octanol–water partition coefficient (Wildman–Crippen LogP) is -4.19. The molecule has 0 atom stereocenters. The standard InChI is InChI=1S/C14H10O6S2.2Na/c15-21(16,17)12-5-4-9-8-13-10(6-11(9)7-12)2-1-3-14(13)22(18,19)20;;/h1-8H,(H,15,16,17)(H,18,19,20);;/q;2*+1/p-2. The number of fused-ring (bicyclic) bond motifs is 2. The maximum Gasteiger partial charge on any atom is 1.00 e. The molecular weight excluding hydrogens is 374 g/mol. The minimum Gasteiger partial charge on any atom is -0.744 e. The van der Waals surface area contributed by atoms with Crippen molar-refractivity contribution in [2.75, 3.05) is 0 Å². The van der Waals surface area contributed by atoms with E-state index in [1.165, 1.54) is 36.4 Å². The van der Waals surface area contributed by atoms with Crippen molar-refractivity contribution in [1.82, 2.24) is 0 Å². The predicted molar refractivity (Wildman–Crippen MR) is 77.4 cm³/mol. The summed E-state index contributed by atoms with van der Waals surface area (Å²) in [5, 5.41) is 1.70. The Kier molecular flexibility index (Phi) is 7.08. The molecule has 3 rings (SSSR count). The van der Waals surface area contributed by atoms with E-state index in [4.69, 9.17) is 0 Å². The Bertz CT molecular complexity index is 1120. The molecule has 0 unspecified atom stereocenters. The van der Waals surface area contributed by atoms with Crippen molar-refractivity contribution in [3.63, 3.8) is 0 Å². The first kappa shape index (κ1) is 22.0. The summed E-state index contributed by atoms with van der Waals surface area (Å²) in [6, 6.07) is 11.0. The SMILES string of the molecule is O=S(=O)([O-])c1ccc2cc3c(S(=O)(=O)[O-])cccc3cc2c1.[Na+].[Na+]. The van der Waals surface area contributed by atoms with Crippen LogP contribution in [0.4, 0.5) is 0 Å². The molecule has 0 aliphatic rings. The molecule has 0 N–H and O–H groups in total. The van der Waals surface area contributed by atoms with Crippen LogP contribution in [0.25, 0.3) is 21.5 Å². The summed E-state index contributed by atoms with van der Waals surface area (Å²) in [6.07, 6.45) is 0. The van der Waals surface area contributed by atoms with Crippen molar-refractivity contribution in [3.05, 3.63) is 48.5 Å². The van der Waals surface area contributed by atoms with Gasteiger partial charge in [-0.2, -0.15) is 0 Å². The van der Waals surface area contributed by atoms with Crippen LogP contribution >= 0.6 is 0 Å². The van der Waals surface area contributed by atoms with Crippen LogP contribution in [0, 0.1) is 0 Å². The first-order valence-electron chi connectivity index (χ1n) is 6.04. The molecule has 0 amide bonds. The van der Waals surface area contributed by atoms with Gasteiger partial charge in [0.25, 0.3) is 0 Å². The van der Waals surface area contributed by atoms with Gasteiger partial charge in [-0.05, 0) is 51.9 Å². The molecule has 114 valence electrons. The van der Waals surface area contributed by atoms with E-state index in [0.29, 0.717) is 16.2 Å². The largest absolute Gasteiger partial charge is 1.00 e. The average Bonchev–Trinajstić information content (AvgIpc) is 2.41. The van der Waals surface area contributed by atoms with Crippen molar-refractivity contribution in [3.8, 4) is 0 Å². The zero-order valence-electron chi connectivity index (χ0n) is 12.9. The molecule has 24 heavy (non-hydrogen) atoms. The van der Waals surface area contributed by atoms with Crippen LogP contribution in [0.1, 0.15) is 0 Å². The molecule has 6 nitrogen and oxygen atoms in total. The van der Waals surface area contributed by atoms with Gasteiger partial charge >= 0.3 is 59.1 Å². The van der Waals surface area contributed by atoms with Crippen LogP contribution in [0.5, 0.6) is 0 Å². The minimum atomic E-state index is -4.63. The van der Waals surface area contributed by atoms with Gasteiger partial charge in [-0.25, -0.2) is 16.8 Å². The van der Waals surface area contributed by atoms with E-state index >= 15 is 0 Å². The zero-order valence-corrected chi connectivity index (χ0v) is 18.5. The third-order valence-electron chi connectivity index (χ3n) is 3.33. The summed E-state index contributed by atoms with van der Waals surface area (Å²) in [7, 11) is -9.20. The fourth-order valence-electron chi connectivity index (χ4n) is 2.35. The molecule has 0 fully saturated rings. The molecule has 0 saturated heterocycles. The molecule has 0 radical (unpaired) electrons. The van der Waals surface area contributed by atoms with Gasteiger partial charge < -0.3 is 9.11 Å². The van der Waals surface area contributed by atoms with Gasteiger partial charge in [0.15, 0.2) is 0 Å². The molecular formula is C14H8Na2O6S2. The molecule has 0 saturated carbocycles. The number of benzene rings is 3. The van der Waals surface area contributed by atoms with E-state index in [0.717, 1.165) is 6.07 Å². The number of rotatable bonds is 2. The summed E-state index contributed by atoms with van der Waals surface area (Å²) in [5.41, 5.74) is 0. The second-order valence-electron chi connectivity index (χ2n) is 4.75. The zero-order chi connectivity index (χ0) is 16.1. The van der Waals surface area contributed by atoms with E-state index < -0.39 is 20.2 Å². The quantitative estimate of drug-likeness (QED) is 0.252. The van der Waals surface area contributed by atoms with Crippen LogP contribution in [-0.4, -0.2) is 25.9 Å². The molecule has 0 aromatic heterocycles. The van der Waals surface area contributed by atoms with Gasteiger partial charge in [0.05, 0.1) is 9.79 Å². The monoisotopic (exact) mass is 382 g/mol. The van der Waals surface area contributed by atoms with E-state index in [-0.39, 0.29) is 74.3 Å². The summed E-state index contributed by atoms with van der Waals surface area (Å²) in [6.45, 7) is 0. The van der Waals surface area contributed by atoms with Crippen molar-refractivity contribution >= 4 is 41.8 Å². The van der Waals surface area contributed by atoms with Crippen LogP contribution in [0.15, 0.2) is 58.3 Å². The average molecular weight is 382 g/mol. The van der Waals surface area contributed by atoms with Crippen molar-refractivity contribution in [2.24, 2.45) is 0 Å². The van der Waals surface area contributed by atoms with Gasteiger partial charge in [0, 0.05) is 0 Å². The van der Waals surface area contributed by atoms with Crippen molar-refractivity contribution in [1.29, 1.82) is 0 Å². The topological polar surface area (TPSA) is 114 Å². The van der Waals surface area contributed by atoms with E-state index in [1.807, 2.05) is 0 Å². The van der Waals surface area contributed by atoms with E-state index in [2.05, 4.69) is 0 Å². The van der Waals surface area contributed by atoms with Crippen molar-refractivity contribution < 1.29 is 85.1 Å². The number of hydrogen-bond donors (Lipinski definition) is 0. The molecule has 3 aromatic carbocycles. The summed E-state index contributed by atoms with van der Waals surface area (Å²) in [5.74, 6) is 0.